The van der Waals surface area contributed by atoms with E-state index in [9.17, 15) is 9.18 Å². The Morgan fingerprint density at radius 3 is 2.90 bits per heavy atom. The van der Waals surface area contributed by atoms with E-state index in [1.807, 2.05) is 0 Å². The van der Waals surface area contributed by atoms with Crippen molar-refractivity contribution in [3.05, 3.63) is 64.4 Å². The standard InChI is InChI=1S/C16H13ClFNOS/c17-13-4-2-1-3-11(13)16(20)19-14-7-8-21-15-6-5-10(18)9-12(14)15/h1-6,9,14H,7-8H2,(H,19,20). The van der Waals surface area contributed by atoms with Crippen molar-refractivity contribution in [2.24, 2.45) is 0 Å². The Bertz CT molecular complexity index is 692. The van der Waals surface area contributed by atoms with Crippen molar-refractivity contribution < 1.29 is 9.18 Å². The molecule has 5 heteroatoms. The number of nitrogens with one attached hydrogen (secondary N) is 1. The molecular weight excluding hydrogens is 309 g/mol. The Balaban J connectivity index is 1.85. The molecule has 1 atom stereocenters. The maximum absolute atomic E-state index is 13.4. The van der Waals surface area contributed by atoms with Gasteiger partial charge in [0.1, 0.15) is 5.82 Å². The van der Waals surface area contributed by atoms with Gasteiger partial charge in [0.25, 0.3) is 5.91 Å². The smallest absolute Gasteiger partial charge is 0.253 e. The predicted molar refractivity (Wildman–Crippen MR) is 83.4 cm³/mol. The summed E-state index contributed by atoms with van der Waals surface area (Å²) in [7, 11) is 0. The number of carbonyl (C=O) groups is 1. The lowest BCUT2D eigenvalue weighted by Crippen LogP contribution is -2.30. The van der Waals surface area contributed by atoms with E-state index in [0.717, 1.165) is 22.6 Å². The summed E-state index contributed by atoms with van der Waals surface area (Å²) in [6.07, 6.45) is 0.775. The minimum absolute atomic E-state index is 0.180. The van der Waals surface area contributed by atoms with Gasteiger partial charge in [-0.15, -0.1) is 11.8 Å². The molecule has 0 saturated carbocycles. The number of hydrogen-bond acceptors (Lipinski definition) is 2. The van der Waals surface area contributed by atoms with Crippen LogP contribution in [-0.4, -0.2) is 11.7 Å². The Labute approximate surface area is 131 Å². The average molecular weight is 322 g/mol. The minimum atomic E-state index is -0.284. The first-order valence-electron chi connectivity index (χ1n) is 6.63. The van der Waals surface area contributed by atoms with Crippen molar-refractivity contribution >= 4 is 29.3 Å². The van der Waals surface area contributed by atoms with Gasteiger partial charge < -0.3 is 5.32 Å². The lowest BCUT2D eigenvalue weighted by Gasteiger charge is -2.26. The molecule has 0 aromatic heterocycles. The highest BCUT2D eigenvalue weighted by molar-refractivity contribution is 7.99. The van der Waals surface area contributed by atoms with Gasteiger partial charge in [0.15, 0.2) is 0 Å². The summed E-state index contributed by atoms with van der Waals surface area (Å²) in [4.78, 5) is 13.4. The van der Waals surface area contributed by atoms with Gasteiger partial charge in [0.2, 0.25) is 0 Å². The molecule has 0 aliphatic carbocycles. The van der Waals surface area contributed by atoms with Gasteiger partial charge in [-0.05, 0) is 42.3 Å². The Morgan fingerprint density at radius 1 is 1.29 bits per heavy atom. The van der Waals surface area contributed by atoms with Gasteiger partial charge in [-0.3, -0.25) is 4.79 Å². The third kappa shape index (κ3) is 3.06. The van der Waals surface area contributed by atoms with Gasteiger partial charge in [-0.25, -0.2) is 4.39 Å². The molecule has 21 heavy (non-hydrogen) atoms. The summed E-state index contributed by atoms with van der Waals surface area (Å²) in [5, 5.41) is 3.37. The molecule has 0 bridgehead atoms. The van der Waals surface area contributed by atoms with Crippen molar-refractivity contribution in [2.45, 2.75) is 17.4 Å². The number of fused-ring (bicyclic) bond motifs is 1. The van der Waals surface area contributed by atoms with Gasteiger partial charge in [0, 0.05) is 10.6 Å². The average Bonchev–Trinajstić information content (AvgIpc) is 2.48. The fourth-order valence-electron chi connectivity index (χ4n) is 2.40. The molecule has 1 heterocycles. The van der Waals surface area contributed by atoms with Crippen LogP contribution in [0.1, 0.15) is 28.4 Å². The summed E-state index contributed by atoms with van der Waals surface area (Å²) in [6, 6.07) is 11.4. The van der Waals surface area contributed by atoms with Crippen LogP contribution in [0.25, 0.3) is 0 Å². The van der Waals surface area contributed by atoms with E-state index in [-0.39, 0.29) is 17.8 Å². The van der Waals surface area contributed by atoms with Crippen molar-refractivity contribution in [3.8, 4) is 0 Å². The molecule has 2 aromatic rings. The zero-order valence-electron chi connectivity index (χ0n) is 11.1. The zero-order valence-corrected chi connectivity index (χ0v) is 12.7. The summed E-state index contributed by atoms with van der Waals surface area (Å²) in [5.41, 5.74) is 1.28. The van der Waals surface area contributed by atoms with E-state index in [1.54, 1.807) is 42.1 Å². The molecule has 0 fully saturated rings. The first-order chi connectivity index (χ1) is 10.1. The Hall–Kier alpha value is -1.52. The van der Waals surface area contributed by atoms with Crippen LogP contribution in [0.15, 0.2) is 47.4 Å². The summed E-state index contributed by atoms with van der Waals surface area (Å²) >= 11 is 7.72. The van der Waals surface area contributed by atoms with E-state index in [2.05, 4.69) is 5.32 Å². The van der Waals surface area contributed by atoms with E-state index in [1.165, 1.54) is 12.1 Å². The fraction of sp³-hybridized carbons (Fsp3) is 0.188. The molecule has 108 valence electrons. The molecule has 1 unspecified atom stereocenters. The second-order valence-corrected chi connectivity index (χ2v) is 6.37. The minimum Gasteiger partial charge on any atom is -0.345 e. The third-order valence-electron chi connectivity index (χ3n) is 3.44. The van der Waals surface area contributed by atoms with Crippen molar-refractivity contribution in [3.63, 3.8) is 0 Å². The monoisotopic (exact) mass is 321 g/mol. The number of hydrogen-bond donors (Lipinski definition) is 1. The van der Waals surface area contributed by atoms with Crippen molar-refractivity contribution in [1.29, 1.82) is 0 Å². The first kappa shape index (κ1) is 14.4. The summed E-state index contributed by atoms with van der Waals surface area (Å²) < 4.78 is 13.4. The quantitative estimate of drug-likeness (QED) is 0.885. The number of thioether (sulfide) groups is 1. The molecular formula is C16H13ClFNOS. The van der Waals surface area contributed by atoms with Crippen molar-refractivity contribution in [2.75, 3.05) is 5.75 Å². The summed E-state index contributed by atoms with van der Waals surface area (Å²) in [5.74, 6) is 0.382. The third-order valence-corrected chi connectivity index (χ3v) is 4.89. The van der Waals surface area contributed by atoms with Crippen LogP contribution in [0.5, 0.6) is 0 Å². The van der Waals surface area contributed by atoms with Gasteiger partial charge >= 0.3 is 0 Å². The molecule has 2 aromatic carbocycles. The first-order valence-corrected chi connectivity index (χ1v) is 7.99. The molecule has 1 aliphatic heterocycles. The fourth-order valence-corrected chi connectivity index (χ4v) is 3.72. The lowest BCUT2D eigenvalue weighted by molar-refractivity contribution is 0.0935. The highest BCUT2D eigenvalue weighted by Crippen LogP contribution is 2.36. The molecule has 2 nitrogen and oxygen atoms in total. The highest BCUT2D eigenvalue weighted by atomic mass is 35.5. The number of halogens is 2. The Morgan fingerprint density at radius 2 is 2.10 bits per heavy atom. The number of benzene rings is 2. The van der Waals surface area contributed by atoms with E-state index in [0.29, 0.717) is 10.6 Å². The number of amides is 1. The normalized spacial score (nSPS) is 17.1. The van der Waals surface area contributed by atoms with E-state index in [4.69, 9.17) is 11.6 Å². The Kier molecular flexibility index (Phi) is 4.17. The van der Waals surface area contributed by atoms with Gasteiger partial charge in [0.05, 0.1) is 16.6 Å². The van der Waals surface area contributed by atoms with E-state index >= 15 is 0 Å². The lowest BCUT2D eigenvalue weighted by atomic mass is 10.0. The van der Waals surface area contributed by atoms with Gasteiger partial charge in [-0.2, -0.15) is 0 Å². The SMILES string of the molecule is O=C(NC1CCSc2ccc(F)cc21)c1ccccc1Cl. The van der Waals surface area contributed by atoms with E-state index < -0.39 is 0 Å². The largest absolute Gasteiger partial charge is 0.345 e. The maximum Gasteiger partial charge on any atom is 0.253 e. The second kappa shape index (κ2) is 6.08. The second-order valence-electron chi connectivity index (χ2n) is 4.83. The highest BCUT2D eigenvalue weighted by Gasteiger charge is 2.23. The number of carbonyl (C=O) groups excluding carboxylic acids is 1. The van der Waals surface area contributed by atoms with Crippen LogP contribution in [0.4, 0.5) is 4.39 Å². The van der Waals surface area contributed by atoms with Crippen LogP contribution < -0.4 is 5.32 Å². The predicted octanol–water partition coefficient (Wildman–Crippen LogP) is 4.45. The van der Waals surface area contributed by atoms with Crippen LogP contribution in [0, 0.1) is 5.82 Å². The molecule has 1 aliphatic rings. The van der Waals surface area contributed by atoms with Crippen LogP contribution >= 0.6 is 23.4 Å². The number of rotatable bonds is 2. The summed E-state index contributed by atoms with van der Waals surface area (Å²) in [6.45, 7) is 0. The molecule has 3 rings (SSSR count). The maximum atomic E-state index is 13.4. The topological polar surface area (TPSA) is 29.1 Å². The molecule has 0 saturated heterocycles. The molecule has 0 spiro atoms. The van der Waals surface area contributed by atoms with Crippen LogP contribution in [-0.2, 0) is 0 Å². The van der Waals surface area contributed by atoms with Crippen molar-refractivity contribution in [1.82, 2.24) is 5.32 Å². The van der Waals surface area contributed by atoms with Gasteiger partial charge in [-0.1, -0.05) is 23.7 Å². The van der Waals surface area contributed by atoms with Crippen LogP contribution in [0.2, 0.25) is 5.02 Å². The molecule has 0 radical (unpaired) electrons. The molecule has 1 amide bonds. The molecule has 1 N–H and O–H groups in total. The van der Waals surface area contributed by atoms with Crippen LogP contribution in [0.3, 0.4) is 0 Å². The zero-order chi connectivity index (χ0) is 14.8.